The molecule has 0 aliphatic rings. The topological polar surface area (TPSA) is 55.1 Å². The Morgan fingerprint density at radius 2 is 1.88 bits per heavy atom. The summed E-state index contributed by atoms with van der Waals surface area (Å²) in [7, 11) is 0. The molecule has 0 heterocycles. The van der Waals surface area contributed by atoms with Gasteiger partial charge in [-0.2, -0.15) is 0 Å². The van der Waals surface area contributed by atoms with Crippen molar-refractivity contribution < 1.29 is 4.79 Å². The van der Waals surface area contributed by atoms with Gasteiger partial charge in [0.2, 0.25) is 5.91 Å². The van der Waals surface area contributed by atoms with Gasteiger partial charge in [-0.15, -0.1) is 0 Å². The van der Waals surface area contributed by atoms with Crippen LogP contribution in [0, 0.1) is 13.8 Å². The number of aryl methyl sites for hydroxylation is 2. The van der Waals surface area contributed by atoms with Gasteiger partial charge in [0.25, 0.3) is 0 Å². The van der Waals surface area contributed by atoms with Crippen molar-refractivity contribution in [3.05, 3.63) is 29.3 Å². The molecule has 0 radical (unpaired) electrons. The van der Waals surface area contributed by atoms with Crippen LogP contribution in [-0.4, -0.2) is 10.9 Å². The Hall–Kier alpha value is -1.42. The molecule has 1 rings (SSSR count). The molecule has 0 bridgehead atoms. The van der Waals surface area contributed by atoms with Crippen molar-refractivity contribution in [3.63, 3.8) is 0 Å². The Bertz CT molecular complexity index is 395. The molecule has 0 saturated carbocycles. The van der Waals surface area contributed by atoms with Gasteiger partial charge in [-0.1, -0.05) is 30.4 Å². The Morgan fingerprint density at radius 3 is 2.38 bits per heavy atom. The van der Waals surface area contributed by atoms with Gasteiger partial charge in [-0.3, -0.25) is 4.79 Å². The number of carbonyl (C=O) groups excluding carboxylic acids is 1. The highest BCUT2D eigenvalue weighted by molar-refractivity contribution is 7.80. The zero-order chi connectivity index (χ0) is 12.1. The number of benzene rings is 1. The number of carbonyl (C=O) groups is 1. The molecule has 1 amide bonds. The van der Waals surface area contributed by atoms with E-state index in [9.17, 15) is 4.79 Å². The zero-order valence-corrected chi connectivity index (χ0v) is 10.4. The van der Waals surface area contributed by atoms with Crippen molar-refractivity contribution in [1.29, 1.82) is 0 Å². The van der Waals surface area contributed by atoms with Crippen LogP contribution < -0.4 is 11.1 Å². The van der Waals surface area contributed by atoms with Gasteiger partial charge >= 0.3 is 0 Å². The van der Waals surface area contributed by atoms with Crippen LogP contribution >= 0.6 is 12.2 Å². The largest absolute Gasteiger partial charge is 0.393 e. The second kappa shape index (κ2) is 5.61. The van der Waals surface area contributed by atoms with E-state index in [4.69, 9.17) is 18.0 Å². The van der Waals surface area contributed by atoms with Crippen molar-refractivity contribution in [2.24, 2.45) is 5.73 Å². The summed E-state index contributed by atoms with van der Waals surface area (Å²) in [6, 6.07) is 5.90. The van der Waals surface area contributed by atoms with Crippen molar-refractivity contribution in [2.75, 3.05) is 5.32 Å². The van der Waals surface area contributed by atoms with E-state index >= 15 is 0 Å². The van der Waals surface area contributed by atoms with E-state index in [0.717, 1.165) is 16.8 Å². The minimum Gasteiger partial charge on any atom is -0.393 e. The first-order valence-corrected chi connectivity index (χ1v) is 5.56. The molecule has 0 aliphatic heterocycles. The van der Waals surface area contributed by atoms with Gasteiger partial charge < -0.3 is 11.1 Å². The van der Waals surface area contributed by atoms with Crippen molar-refractivity contribution >= 4 is 28.8 Å². The minimum absolute atomic E-state index is 0.0507. The lowest BCUT2D eigenvalue weighted by atomic mass is 10.1. The third-order valence-corrected chi connectivity index (χ3v) is 2.55. The predicted molar refractivity (Wildman–Crippen MR) is 70.6 cm³/mol. The number of nitrogens with two attached hydrogens (primary N) is 1. The maximum absolute atomic E-state index is 11.6. The first-order valence-electron chi connectivity index (χ1n) is 5.15. The average Bonchev–Trinajstić information content (AvgIpc) is 2.21. The van der Waals surface area contributed by atoms with Gasteiger partial charge in [0.05, 0.1) is 4.99 Å². The Morgan fingerprint density at radius 1 is 1.31 bits per heavy atom. The number of anilines is 1. The molecule has 0 unspecified atom stereocenters. The zero-order valence-electron chi connectivity index (χ0n) is 9.54. The normalized spacial score (nSPS) is 9.88. The molecule has 0 atom stereocenters. The van der Waals surface area contributed by atoms with Crippen molar-refractivity contribution in [3.8, 4) is 0 Å². The predicted octanol–water partition coefficient (Wildman–Crippen LogP) is 2.31. The average molecular weight is 236 g/mol. The summed E-state index contributed by atoms with van der Waals surface area (Å²) < 4.78 is 0. The summed E-state index contributed by atoms with van der Waals surface area (Å²) in [5.41, 5.74) is 8.35. The summed E-state index contributed by atoms with van der Waals surface area (Å²) in [6.45, 7) is 3.94. The summed E-state index contributed by atoms with van der Waals surface area (Å²) in [6.07, 6.45) is 0.787. The molecule has 0 saturated heterocycles. The molecular weight excluding hydrogens is 220 g/mol. The maximum Gasteiger partial charge on any atom is 0.224 e. The number of nitrogens with one attached hydrogen (secondary N) is 1. The summed E-state index contributed by atoms with van der Waals surface area (Å²) in [5.74, 6) is -0.0507. The molecule has 1 aromatic carbocycles. The van der Waals surface area contributed by atoms with Crippen LogP contribution in [0.5, 0.6) is 0 Å². The number of para-hydroxylation sites is 1. The summed E-state index contributed by atoms with van der Waals surface area (Å²) in [4.78, 5) is 12.0. The van der Waals surface area contributed by atoms with Gasteiger partial charge in [-0.25, -0.2) is 0 Å². The lowest BCUT2D eigenvalue weighted by molar-refractivity contribution is -0.116. The quantitative estimate of drug-likeness (QED) is 0.789. The van der Waals surface area contributed by atoms with Gasteiger partial charge in [-0.05, 0) is 25.0 Å². The highest BCUT2D eigenvalue weighted by Crippen LogP contribution is 2.19. The third kappa shape index (κ3) is 3.62. The molecule has 3 N–H and O–H groups in total. The highest BCUT2D eigenvalue weighted by atomic mass is 32.1. The lowest BCUT2D eigenvalue weighted by Crippen LogP contribution is -2.17. The number of amides is 1. The fourth-order valence-electron chi connectivity index (χ4n) is 1.45. The van der Waals surface area contributed by atoms with Crippen molar-refractivity contribution in [2.45, 2.75) is 26.7 Å². The van der Waals surface area contributed by atoms with Crippen LogP contribution in [0.3, 0.4) is 0 Å². The summed E-state index contributed by atoms with van der Waals surface area (Å²) >= 11 is 4.73. The van der Waals surface area contributed by atoms with Gasteiger partial charge in [0, 0.05) is 18.5 Å². The molecule has 3 nitrogen and oxygen atoms in total. The Labute approximate surface area is 101 Å². The fraction of sp³-hybridized carbons (Fsp3) is 0.333. The molecule has 0 aliphatic carbocycles. The smallest absolute Gasteiger partial charge is 0.224 e. The Balaban J connectivity index is 2.66. The van der Waals surface area contributed by atoms with E-state index in [1.165, 1.54) is 0 Å². The number of rotatable bonds is 4. The van der Waals surface area contributed by atoms with Gasteiger partial charge in [0.15, 0.2) is 0 Å². The van der Waals surface area contributed by atoms with E-state index in [0.29, 0.717) is 17.8 Å². The molecule has 86 valence electrons. The van der Waals surface area contributed by atoms with E-state index < -0.39 is 0 Å². The van der Waals surface area contributed by atoms with E-state index in [1.54, 1.807) is 0 Å². The standard InChI is InChI=1S/C12H16N2OS/c1-8-4-3-5-9(2)12(8)14-11(15)7-6-10(13)16/h3-5H,6-7H2,1-2H3,(H2,13,16)(H,14,15). The van der Waals surface area contributed by atoms with Gasteiger partial charge in [0.1, 0.15) is 0 Å². The van der Waals surface area contributed by atoms with Crippen LogP contribution in [0.2, 0.25) is 0 Å². The molecule has 0 spiro atoms. The molecule has 4 heteroatoms. The molecular formula is C12H16N2OS. The van der Waals surface area contributed by atoms with E-state index in [1.807, 2.05) is 32.0 Å². The fourth-order valence-corrected chi connectivity index (χ4v) is 1.55. The molecule has 16 heavy (non-hydrogen) atoms. The molecule has 0 fully saturated rings. The molecule has 0 aromatic heterocycles. The Kier molecular flexibility index (Phi) is 4.43. The van der Waals surface area contributed by atoms with Crippen LogP contribution in [0.25, 0.3) is 0 Å². The first-order chi connectivity index (χ1) is 7.50. The maximum atomic E-state index is 11.6. The first kappa shape index (κ1) is 12.6. The number of hydrogen-bond donors (Lipinski definition) is 2. The highest BCUT2D eigenvalue weighted by Gasteiger charge is 2.07. The monoisotopic (exact) mass is 236 g/mol. The van der Waals surface area contributed by atoms with Crippen LogP contribution in [-0.2, 0) is 4.79 Å². The summed E-state index contributed by atoms with van der Waals surface area (Å²) in [5, 5.41) is 2.88. The second-order valence-electron chi connectivity index (χ2n) is 3.78. The third-order valence-electron chi connectivity index (χ3n) is 2.34. The minimum atomic E-state index is -0.0507. The van der Waals surface area contributed by atoms with Crippen LogP contribution in [0.15, 0.2) is 18.2 Å². The van der Waals surface area contributed by atoms with E-state index in [-0.39, 0.29) is 5.91 Å². The lowest BCUT2D eigenvalue weighted by Gasteiger charge is -2.11. The SMILES string of the molecule is Cc1cccc(C)c1NC(=O)CCC(N)=S. The second-order valence-corrected chi connectivity index (χ2v) is 4.31. The number of hydrogen-bond acceptors (Lipinski definition) is 2. The van der Waals surface area contributed by atoms with Crippen LogP contribution in [0.1, 0.15) is 24.0 Å². The molecule has 1 aromatic rings. The van der Waals surface area contributed by atoms with E-state index in [2.05, 4.69) is 5.32 Å². The van der Waals surface area contributed by atoms with Crippen LogP contribution in [0.4, 0.5) is 5.69 Å². The van der Waals surface area contributed by atoms with Crippen molar-refractivity contribution in [1.82, 2.24) is 0 Å². The number of thiocarbonyl (C=S) groups is 1.